The van der Waals surface area contributed by atoms with Crippen LogP contribution in [-0.2, 0) is 7.05 Å². The number of pyridine rings is 1. The molecule has 2 aromatic heterocycles. The van der Waals surface area contributed by atoms with E-state index in [1.165, 1.54) is 28.8 Å². The van der Waals surface area contributed by atoms with Crippen LogP contribution in [0, 0.1) is 17.7 Å². The molecule has 8 nitrogen and oxygen atoms in total. The van der Waals surface area contributed by atoms with E-state index in [2.05, 4.69) is 20.6 Å². The van der Waals surface area contributed by atoms with E-state index < -0.39 is 0 Å². The Kier molecular flexibility index (Phi) is 5.37. The van der Waals surface area contributed by atoms with Crippen molar-refractivity contribution in [3.05, 3.63) is 82.0 Å². The third-order valence-corrected chi connectivity index (χ3v) is 7.31. The highest BCUT2D eigenvalue weighted by Crippen LogP contribution is 2.47. The molecule has 2 unspecified atom stereocenters. The van der Waals surface area contributed by atoms with Gasteiger partial charge in [0.1, 0.15) is 11.5 Å². The number of rotatable bonds is 4. The van der Waals surface area contributed by atoms with Crippen LogP contribution in [0.3, 0.4) is 0 Å². The van der Waals surface area contributed by atoms with Crippen molar-refractivity contribution in [3.8, 4) is 11.1 Å². The van der Waals surface area contributed by atoms with Crippen LogP contribution >= 0.6 is 11.6 Å². The Morgan fingerprint density at radius 2 is 1.81 bits per heavy atom. The number of nitrogens with one attached hydrogen (secondary N) is 2. The minimum absolute atomic E-state index is 0.164. The Bertz CT molecular complexity index is 1540. The molecule has 2 aliphatic rings. The van der Waals surface area contributed by atoms with Crippen LogP contribution in [0.5, 0.6) is 0 Å². The number of likely N-dealkylation sites (tertiary alicyclic amines) is 1. The summed E-state index contributed by atoms with van der Waals surface area (Å²) in [6, 6.07) is 14.7. The first kappa shape index (κ1) is 22.5. The molecule has 1 aliphatic carbocycles. The molecule has 0 spiro atoms. The molecule has 3 heterocycles. The molecule has 182 valence electrons. The van der Waals surface area contributed by atoms with Gasteiger partial charge in [0.25, 0.3) is 5.56 Å². The average molecular weight is 505 g/mol. The topological polar surface area (TPSA) is 92.2 Å². The summed E-state index contributed by atoms with van der Waals surface area (Å²) in [6.45, 7) is 1.23. The first-order valence-electron chi connectivity index (χ1n) is 11.6. The maximum atomic E-state index is 13.1. The highest BCUT2D eigenvalue weighted by atomic mass is 35.5. The van der Waals surface area contributed by atoms with Crippen molar-refractivity contribution in [1.82, 2.24) is 19.4 Å². The van der Waals surface area contributed by atoms with Crippen molar-refractivity contribution in [1.29, 1.82) is 0 Å². The number of nitrogens with zero attached hydrogens (tertiary/aromatic N) is 4. The number of piperidine rings is 1. The van der Waals surface area contributed by atoms with Crippen LogP contribution in [0.1, 0.15) is 0 Å². The second-order valence-corrected chi connectivity index (χ2v) is 9.62. The number of aryl methyl sites for hydroxylation is 1. The van der Waals surface area contributed by atoms with Crippen molar-refractivity contribution >= 4 is 40.3 Å². The Morgan fingerprint density at radius 1 is 1.08 bits per heavy atom. The predicted octanol–water partition coefficient (Wildman–Crippen LogP) is 4.36. The Hall–Kier alpha value is -3.98. The number of anilines is 2. The molecular formula is C26H22ClFN6O2. The second-order valence-electron chi connectivity index (χ2n) is 9.21. The maximum absolute atomic E-state index is 13.1. The summed E-state index contributed by atoms with van der Waals surface area (Å²) in [7, 11) is 1.69. The summed E-state index contributed by atoms with van der Waals surface area (Å²) in [5.41, 5.74) is 2.06. The molecule has 2 N–H and O–H groups in total. The smallest absolute Gasteiger partial charge is 0.321 e. The number of fused-ring (bicyclic) bond motifs is 2. The largest absolute Gasteiger partial charge is 0.351 e. The fourth-order valence-corrected chi connectivity index (χ4v) is 5.22. The lowest BCUT2D eigenvalue weighted by Crippen LogP contribution is -2.36. The van der Waals surface area contributed by atoms with Gasteiger partial charge in [-0.15, -0.1) is 0 Å². The molecule has 2 amide bonds. The lowest BCUT2D eigenvalue weighted by atomic mass is 10.1. The van der Waals surface area contributed by atoms with Gasteiger partial charge in [-0.05, 0) is 36.4 Å². The summed E-state index contributed by atoms with van der Waals surface area (Å²) in [6.07, 6.45) is 1.70. The van der Waals surface area contributed by atoms with E-state index in [-0.39, 0.29) is 23.4 Å². The molecule has 2 aromatic carbocycles. The highest BCUT2D eigenvalue weighted by Gasteiger charge is 2.57. The third-order valence-electron chi connectivity index (χ3n) is 6.99. The summed E-state index contributed by atoms with van der Waals surface area (Å²) < 4.78 is 14.6. The number of urea groups is 1. The molecule has 1 saturated carbocycles. The molecular weight excluding hydrogens is 483 g/mol. The Labute approximate surface area is 210 Å². The third kappa shape index (κ3) is 3.95. The van der Waals surface area contributed by atoms with Crippen molar-refractivity contribution in [2.75, 3.05) is 23.7 Å². The number of hydrogen-bond acceptors (Lipinski definition) is 5. The maximum Gasteiger partial charge on any atom is 0.321 e. The molecule has 36 heavy (non-hydrogen) atoms. The van der Waals surface area contributed by atoms with Crippen LogP contribution in [0.2, 0.25) is 5.02 Å². The molecule has 4 aromatic rings. The van der Waals surface area contributed by atoms with E-state index in [4.69, 9.17) is 11.6 Å². The zero-order chi connectivity index (χ0) is 25.0. The van der Waals surface area contributed by atoms with E-state index in [1.807, 2.05) is 18.2 Å². The van der Waals surface area contributed by atoms with Gasteiger partial charge < -0.3 is 15.5 Å². The molecule has 2 fully saturated rings. The molecule has 1 saturated heterocycles. The van der Waals surface area contributed by atoms with E-state index >= 15 is 0 Å². The number of aromatic nitrogens is 3. The first-order valence-corrected chi connectivity index (χ1v) is 12.0. The van der Waals surface area contributed by atoms with Gasteiger partial charge in [0.2, 0.25) is 5.95 Å². The fourth-order valence-electron chi connectivity index (χ4n) is 4.98. The highest BCUT2D eigenvalue weighted by molar-refractivity contribution is 6.33. The first-order chi connectivity index (χ1) is 17.4. The van der Waals surface area contributed by atoms with E-state index in [1.54, 1.807) is 30.3 Å². The number of benzene rings is 2. The lowest BCUT2D eigenvalue weighted by Gasteiger charge is -2.21. The van der Waals surface area contributed by atoms with Crippen LogP contribution in [0.15, 0.2) is 65.6 Å². The van der Waals surface area contributed by atoms with Crippen LogP contribution in [0.25, 0.3) is 22.2 Å². The molecule has 0 radical (unpaired) electrons. The van der Waals surface area contributed by atoms with Crippen molar-refractivity contribution in [2.24, 2.45) is 18.9 Å². The van der Waals surface area contributed by atoms with Crippen molar-refractivity contribution < 1.29 is 9.18 Å². The minimum Gasteiger partial charge on any atom is -0.351 e. The number of carbonyl (C=O) groups is 1. The van der Waals surface area contributed by atoms with E-state index in [9.17, 15) is 14.0 Å². The van der Waals surface area contributed by atoms with Crippen LogP contribution in [-0.4, -0.2) is 44.6 Å². The van der Waals surface area contributed by atoms with E-state index in [0.29, 0.717) is 58.4 Å². The molecule has 10 heteroatoms. The quantitative estimate of drug-likeness (QED) is 0.431. The lowest BCUT2D eigenvalue weighted by molar-refractivity contribution is 0.217. The van der Waals surface area contributed by atoms with Crippen LogP contribution in [0.4, 0.5) is 20.8 Å². The van der Waals surface area contributed by atoms with Gasteiger partial charge in [-0.3, -0.25) is 9.36 Å². The fraction of sp³-hybridized carbons (Fsp3) is 0.231. The summed E-state index contributed by atoms with van der Waals surface area (Å²) in [5.74, 6) is 0.704. The normalized spacial score (nSPS) is 20.3. The zero-order valence-corrected chi connectivity index (χ0v) is 20.0. The molecule has 1 aliphatic heterocycles. The standard InChI is InChI=1S/C26H22ClFN6O2/c1-33-23-14(10-18(24(33)35)17-4-2-3-5-21(17)27)11-29-25(32-23)31-22-19-12-34(13-20(19)22)26(36)30-16-8-6-15(28)7-9-16/h2-11,19-20,22H,12-13H2,1H3,(H,30,36)(H,29,31,32). The van der Waals surface area contributed by atoms with Gasteiger partial charge in [-0.1, -0.05) is 29.8 Å². The van der Waals surface area contributed by atoms with Gasteiger partial charge in [0.05, 0.1) is 0 Å². The van der Waals surface area contributed by atoms with E-state index in [0.717, 1.165) is 5.39 Å². The second kappa shape index (κ2) is 8.60. The summed E-state index contributed by atoms with van der Waals surface area (Å²) in [4.78, 5) is 36.4. The van der Waals surface area contributed by atoms with Gasteiger partial charge in [0, 0.05) is 71.4 Å². The minimum atomic E-state index is -0.346. The van der Waals surface area contributed by atoms with Crippen LogP contribution < -0.4 is 16.2 Å². The SMILES string of the molecule is Cn1c(=O)c(-c2ccccc2Cl)cc2cnc(NC3C4CN(C(=O)Nc5ccc(F)cc5)CC43)nc21. The number of amides is 2. The molecule has 2 atom stereocenters. The van der Waals surface area contributed by atoms with Gasteiger partial charge in [-0.2, -0.15) is 4.98 Å². The van der Waals surface area contributed by atoms with Gasteiger partial charge in [0.15, 0.2) is 0 Å². The predicted molar refractivity (Wildman–Crippen MR) is 137 cm³/mol. The van der Waals surface area contributed by atoms with Gasteiger partial charge >= 0.3 is 6.03 Å². The number of halogens is 2. The van der Waals surface area contributed by atoms with Gasteiger partial charge in [-0.25, -0.2) is 14.2 Å². The van der Waals surface area contributed by atoms with Crippen molar-refractivity contribution in [3.63, 3.8) is 0 Å². The number of carbonyl (C=O) groups excluding carboxylic acids is 1. The van der Waals surface area contributed by atoms with Crippen molar-refractivity contribution in [2.45, 2.75) is 6.04 Å². The Morgan fingerprint density at radius 3 is 2.53 bits per heavy atom. The number of hydrogen-bond donors (Lipinski definition) is 2. The Balaban J connectivity index is 1.14. The molecule has 0 bridgehead atoms. The summed E-state index contributed by atoms with van der Waals surface area (Å²) in [5, 5.41) is 7.41. The monoisotopic (exact) mass is 504 g/mol. The molecule has 6 rings (SSSR count). The zero-order valence-electron chi connectivity index (χ0n) is 19.3. The average Bonchev–Trinajstić information content (AvgIpc) is 3.30. The summed E-state index contributed by atoms with van der Waals surface area (Å²) >= 11 is 6.31.